The molecule has 0 radical (unpaired) electrons. The fourth-order valence-electron chi connectivity index (χ4n) is 1.65. The van der Waals surface area contributed by atoms with Crippen molar-refractivity contribution in [1.82, 2.24) is 15.3 Å². The van der Waals surface area contributed by atoms with Crippen LogP contribution >= 0.6 is 0 Å². The van der Waals surface area contributed by atoms with Gasteiger partial charge in [0.25, 0.3) is 5.56 Å². The van der Waals surface area contributed by atoms with Crippen molar-refractivity contribution in [3.05, 3.63) is 45.7 Å². The zero-order valence-electron chi connectivity index (χ0n) is 10.6. The van der Waals surface area contributed by atoms with Crippen LogP contribution in [0.4, 0.5) is 10.7 Å². The van der Waals surface area contributed by atoms with Gasteiger partial charge in [-0.25, -0.2) is 14.6 Å². The van der Waals surface area contributed by atoms with E-state index in [0.29, 0.717) is 23.5 Å². The average molecular weight is 273 g/mol. The lowest BCUT2D eigenvalue weighted by Gasteiger charge is -2.07. The van der Waals surface area contributed by atoms with Crippen LogP contribution in [0.5, 0.6) is 0 Å². The van der Waals surface area contributed by atoms with E-state index in [1.165, 1.54) is 12.1 Å². The van der Waals surface area contributed by atoms with E-state index in [-0.39, 0.29) is 11.5 Å². The van der Waals surface area contributed by atoms with Crippen LogP contribution < -0.4 is 16.2 Å². The van der Waals surface area contributed by atoms with Crippen molar-refractivity contribution >= 4 is 18.1 Å². The number of aliphatic imine (C=N–C) groups is 1. The number of nitrogens with one attached hydrogen (secondary N) is 3. The average Bonchev–Trinajstić information content (AvgIpc) is 2.75. The first-order valence-corrected chi connectivity index (χ1v) is 5.70. The number of anilines is 1. The van der Waals surface area contributed by atoms with E-state index in [2.05, 4.69) is 25.6 Å². The highest BCUT2D eigenvalue weighted by molar-refractivity contribution is 5.88. The van der Waals surface area contributed by atoms with Crippen LogP contribution in [0.15, 0.2) is 39.4 Å². The third-order valence-electron chi connectivity index (χ3n) is 2.41. The molecule has 0 spiro atoms. The Hall–Kier alpha value is -2.99. The number of amides is 2. The lowest BCUT2D eigenvalue weighted by atomic mass is 10.3. The number of aromatic amines is 1. The van der Waals surface area contributed by atoms with Crippen molar-refractivity contribution in [2.45, 2.75) is 13.3 Å². The van der Waals surface area contributed by atoms with Crippen LogP contribution in [-0.2, 0) is 4.79 Å². The number of isocyanates is 1. The summed E-state index contributed by atoms with van der Waals surface area (Å²) in [6.07, 6.45) is 5.00. The van der Waals surface area contributed by atoms with Gasteiger partial charge in [0.15, 0.2) is 0 Å². The van der Waals surface area contributed by atoms with E-state index in [4.69, 9.17) is 0 Å². The maximum atomic E-state index is 11.7. The van der Waals surface area contributed by atoms with E-state index in [1.807, 2.05) is 0 Å². The highest BCUT2D eigenvalue weighted by Crippen LogP contribution is 2.17. The number of hydrogen-bond donors (Lipinski definition) is 3. The minimum atomic E-state index is -0.547. The highest BCUT2D eigenvalue weighted by atomic mass is 16.2. The van der Waals surface area contributed by atoms with Crippen molar-refractivity contribution in [3.8, 4) is 0 Å². The molecule has 20 heavy (non-hydrogen) atoms. The molecule has 0 aliphatic heterocycles. The summed E-state index contributed by atoms with van der Waals surface area (Å²) in [5.74, 6) is 0.0604. The zero-order valence-corrected chi connectivity index (χ0v) is 10.6. The standard InChI is InChI=1S/C12H11N5O3/c1-7-4-10(19)16-11(14-7)17-12(20)15-9-3-2-8(5-9)13-6-18/h2-4H,5H2,1H3,(H3,14,15,16,17,19,20). The smallest absolute Gasteiger partial charge is 0.311 e. The van der Waals surface area contributed by atoms with Gasteiger partial charge < -0.3 is 5.32 Å². The SMILES string of the molecule is Cc1cc(=O)[nH]c(NC(=O)NC2=CC=C(N=C=O)C2)n1. The number of hydrogen-bond acceptors (Lipinski definition) is 5. The predicted molar refractivity (Wildman–Crippen MR) is 70.7 cm³/mol. The van der Waals surface area contributed by atoms with Crippen LogP contribution in [0, 0.1) is 6.92 Å². The summed E-state index contributed by atoms with van der Waals surface area (Å²) in [6, 6.07) is 0.769. The maximum absolute atomic E-state index is 11.7. The van der Waals surface area contributed by atoms with Gasteiger partial charge >= 0.3 is 6.03 Å². The van der Waals surface area contributed by atoms with E-state index in [1.54, 1.807) is 19.1 Å². The van der Waals surface area contributed by atoms with Gasteiger partial charge in [-0.05, 0) is 19.1 Å². The van der Waals surface area contributed by atoms with Gasteiger partial charge in [-0.1, -0.05) is 0 Å². The van der Waals surface area contributed by atoms with Gasteiger partial charge in [-0.2, -0.15) is 4.99 Å². The number of nitrogens with zero attached hydrogens (tertiary/aromatic N) is 2. The second-order valence-corrected chi connectivity index (χ2v) is 4.04. The Morgan fingerprint density at radius 3 is 2.95 bits per heavy atom. The Balaban J connectivity index is 1.94. The Morgan fingerprint density at radius 1 is 1.45 bits per heavy atom. The normalized spacial score (nSPS) is 13.1. The van der Waals surface area contributed by atoms with Gasteiger partial charge in [-0.15, -0.1) is 0 Å². The van der Waals surface area contributed by atoms with Crippen LogP contribution in [0.25, 0.3) is 0 Å². The first-order chi connectivity index (χ1) is 9.56. The lowest BCUT2D eigenvalue weighted by Crippen LogP contribution is -2.29. The van der Waals surface area contributed by atoms with Crippen LogP contribution in [0.1, 0.15) is 12.1 Å². The molecular weight excluding hydrogens is 262 g/mol. The maximum Gasteiger partial charge on any atom is 0.325 e. The monoisotopic (exact) mass is 273 g/mol. The molecule has 0 aromatic carbocycles. The molecule has 3 N–H and O–H groups in total. The topological polar surface area (TPSA) is 116 Å². The third-order valence-corrected chi connectivity index (χ3v) is 2.41. The summed E-state index contributed by atoms with van der Waals surface area (Å²) in [5, 5.41) is 4.97. The van der Waals surface area contributed by atoms with E-state index >= 15 is 0 Å². The van der Waals surface area contributed by atoms with Gasteiger partial charge in [0.2, 0.25) is 12.0 Å². The number of aryl methyl sites for hydroxylation is 1. The van der Waals surface area contributed by atoms with Crippen molar-refractivity contribution in [2.24, 2.45) is 4.99 Å². The number of allylic oxidation sites excluding steroid dienone is 2. The van der Waals surface area contributed by atoms with Crippen LogP contribution in [0.2, 0.25) is 0 Å². The first kappa shape index (κ1) is 13.4. The summed E-state index contributed by atoms with van der Waals surface area (Å²) < 4.78 is 0. The molecule has 1 heterocycles. The molecular formula is C12H11N5O3. The molecule has 8 nitrogen and oxygen atoms in total. The second kappa shape index (κ2) is 5.77. The summed E-state index contributed by atoms with van der Waals surface area (Å²) in [7, 11) is 0. The minimum Gasteiger partial charge on any atom is -0.311 e. The first-order valence-electron chi connectivity index (χ1n) is 5.70. The number of carbonyl (C=O) groups is 1. The largest absolute Gasteiger partial charge is 0.325 e. The molecule has 2 amide bonds. The molecule has 0 unspecified atom stereocenters. The molecule has 0 atom stereocenters. The van der Waals surface area contributed by atoms with E-state index in [9.17, 15) is 14.4 Å². The fraction of sp³-hybridized carbons (Fsp3) is 0.167. The molecule has 0 bridgehead atoms. The van der Waals surface area contributed by atoms with Crippen molar-refractivity contribution < 1.29 is 9.59 Å². The van der Waals surface area contributed by atoms with Gasteiger partial charge in [0.05, 0.1) is 5.70 Å². The molecule has 1 aliphatic rings. The summed E-state index contributed by atoms with van der Waals surface area (Å²) in [4.78, 5) is 42.8. The summed E-state index contributed by atoms with van der Waals surface area (Å²) in [6.45, 7) is 1.64. The zero-order chi connectivity index (χ0) is 14.5. The fourth-order valence-corrected chi connectivity index (χ4v) is 1.65. The molecule has 102 valence electrons. The van der Waals surface area contributed by atoms with Crippen molar-refractivity contribution in [1.29, 1.82) is 0 Å². The van der Waals surface area contributed by atoms with Gasteiger partial charge in [-0.3, -0.25) is 15.1 Å². The molecule has 0 saturated heterocycles. The predicted octanol–water partition coefficient (Wildman–Crippen LogP) is 0.707. The summed E-state index contributed by atoms with van der Waals surface area (Å²) in [5.41, 5.74) is 1.23. The number of aromatic nitrogens is 2. The molecule has 0 fully saturated rings. The van der Waals surface area contributed by atoms with Crippen LogP contribution in [0.3, 0.4) is 0 Å². The number of urea groups is 1. The third kappa shape index (κ3) is 3.50. The second-order valence-electron chi connectivity index (χ2n) is 4.04. The molecule has 1 aromatic heterocycles. The number of H-pyrrole nitrogens is 1. The van der Waals surface area contributed by atoms with E-state index in [0.717, 1.165) is 0 Å². The van der Waals surface area contributed by atoms with E-state index < -0.39 is 6.03 Å². The highest BCUT2D eigenvalue weighted by Gasteiger charge is 2.11. The quantitative estimate of drug-likeness (QED) is 0.555. The Bertz CT molecular complexity index is 710. The van der Waals surface area contributed by atoms with Gasteiger partial charge in [0.1, 0.15) is 0 Å². The Kier molecular flexibility index (Phi) is 3.88. The van der Waals surface area contributed by atoms with Crippen molar-refractivity contribution in [2.75, 3.05) is 5.32 Å². The molecule has 1 aliphatic carbocycles. The minimum absolute atomic E-state index is 0.0604. The van der Waals surface area contributed by atoms with Gasteiger partial charge in [0, 0.05) is 23.9 Å². The Labute approximate surface area is 113 Å². The van der Waals surface area contributed by atoms with Crippen LogP contribution in [-0.4, -0.2) is 22.1 Å². The number of carbonyl (C=O) groups excluding carboxylic acids is 2. The molecule has 2 rings (SSSR count). The number of rotatable bonds is 3. The Morgan fingerprint density at radius 2 is 2.25 bits per heavy atom. The van der Waals surface area contributed by atoms with Crippen molar-refractivity contribution in [3.63, 3.8) is 0 Å². The lowest BCUT2D eigenvalue weighted by molar-refractivity contribution is 0.254. The molecule has 8 heteroatoms. The molecule has 1 aromatic rings. The molecule has 0 saturated carbocycles. The summed E-state index contributed by atoms with van der Waals surface area (Å²) >= 11 is 0.